The third kappa shape index (κ3) is 1.75. The summed E-state index contributed by atoms with van der Waals surface area (Å²) in [5, 5.41) is 9.72. The average Bonchev–Trinajstić information content (AvgIpc) is 2.44. The smallest absolute Gasteiger partial charge is 0.125 e. The average molecular weight is 209 g/mol. The summed E-state index contributed by atoms with van der Waals surface area (Å²) in [4.78, 5) is 4.16. The van der Waals surface area contributed by atoms with Crippen molar-refractivity contribution in [1.82, 2.24) is 4.98 Å². The monoisotopic (exact) mass is 209 g/mol. The Morgan fingerprint density at radius 3 is 3.07 bits per heavy atom. The molecule has 0 saturated carbocycles. The summed E-state index contributed by atoms with van der Waals surface area (Å²) in [7, 11) is 0. The Bertz CT molecular complexity index is 500. The van der Waals surface area contributed by atoms with Gasteiger partial charge in [0.1, 0.15) is 10.8 Å². The first-order valence-corrected chi connectivity index (χ1v) is 4.90. The van der Waals surface area contributed by atoms with Crippen molar-refractivity contribution in [2.45, 2.75) is 6.92 Å². The summed E-state index contributed by atoms with van der Waals surface area (Å²) >= 11 is 1.42. The fraction of sp³-hybridized carbons (Fsp3) is 0.100. The van der Waals surface area contributed by atoms with Gasteiger partial charge in [0.15, 0.2) is 0 Å². The van der Waals surface area contributed by atoms with E-state index in [9.17, 15) is 4.39 Å². The molecule has 0 unspecified atom stereocenters. The van der Waals surface area contributed by atoms with E-state index in [1.807, 2.05) is 0 Å². The van der Waals surface area contributed by atoms with Crippen molar-refractivity contribution >= 4 is 27.6 Å². The molecule has 0 aliphatic heterocycles. The Kier molecular flexibility index (Phi) is 2.21. The van der Waals surface area contributed by atoms with Crippen molar-refractivity contribution in [2.75, 3.05) is 0 Å². The Morgan fingerprint density at radius 1 is 1.57 bits per heavy atom. The molecule has 0 amide bonds. The van der Waals surface area contributed by atoms with E-state index < -0.39 is 0 Å². The fourth-order valence-electron chi connectivity index (χ4n) is 1.16. The first kappa shape index (κ1) is 9.15. The predicted molar refractivity (Wildman–Crippen MR) is 55.9 cm³/mol. The number of aliphatic hydroxyl groups excluding tert-OH is 1. The minimum absolute atomic E-state index is 0.199. The lowest BCUT2D eigenvalue weighted by Gasteiger charge is -1.85. The lowest BCUT2D eigenvalue weighted by molar-refractivity contribution is 0.420. The Labute approximate surface area is 84.3 Å². The number of thiazole rings is 1. The molecular formula is C10H8FNOS. The number of halogens is 1. The van der Waals surface area contributed by atoms with E-state index in [1.54, 1.807) is 19.1 Å². The van der Waals surface area contributed by atoms with Gasteiger partial charge in [0.2, 0.25) is 0 Å². The highest BCUT2D eigenvalue weighted by Crippen LogP contribution is 2.23. The van der Waals surface area contributed by atoms with Crippen LogP contribution in [0.4, 0.5) is 4.39 Å². The maximum absolute atomic E-state index is 12.8. The maximum atomic E-state index is 12.8. The van der Waals surface area contributed by atoms with Crippen LogP contribution in [0.5, 0.6) is 0 Å². The molecule has 0 spiro atoms. The summed E-state index contributed by atoms with van der Waals surface area (Å²) in [6, 6.07) is 4.47. The van der Waals surface area contributed by atoms with Crippen LogP contribution in [0.2, 0.25) is 0 Å². The molecule has 0 fully saturated rings. The van der Waals surface area contributed by atoms with E-state index in [2.05, 4.69) is 4.98 Å². The molecule has 2 nitrogen and oxygen atoms in total. The number of benzene rings is 1. The quantitative estimate of drug-likeness (QED) is 0.730. The molecule has 0 saturated heterocycles. The highest BCUT2D eigenvalue weighted by Gasteiger charge is 2.02. The molecule has 1 heterocycles. The summed E-state index contributed by atoms with van der Waals surface area (Å²) in [5.74, 6) is -0.0939. The van der Waals surface area contributed by atoms with Gasteiger partial charge in [0, 0.05) is 12.1 Å². The van der Waals surface area contributed by atoms with Crippen LogP contribution in [0.1, 0.15) is 11.9 Å². The second-order valence-corrected chi connectivity index (χ2v) is 4.01. The standard InChI is InChI=1S/C10H8FNOS/c1-6(13)4-10-12-8-5-7(11)2-3-9(8)14-10/h2-5,13H,1H3. The van der Waals surface area contributed by atoms with E-state index in [0.717, 1.165) is 4.70 Å². The van der Waals surface area contributed by atoms with Crippen LogP contribution < -0.4 is 0 Å². The van der Waals surface area contributed by atoms with Gasteiger partial charge < -0.3 is 5.11 Å². The van der Waals surface area contributed by atoms with E-state index in [1.165, 1.54) is 23.5 Å². The van der Waals surface area contributed by atoms with E-state index in [0.29, 0.717) is 10.5 Å². The maximum Gasteiger partial charge on any atom is 0.125 e. The van der Waals surface area contributed by atoms with Crippen LogP contribution in [0.25, 0.3) is 16.3 Å². The number of fused-ring (bicyclic) bond motifs is 1. The van der Waals surface area contributed by atoms with Gasteiger partial charge in [-0.1, -0.05) is 0 Å². The van der Waals surface area contributed by atoms with Gasteiger partial charge >= 0.3 is 0 Å². The normalized spacial score (nSPS) is 12.3. The zero-order chi connectivity index (χ0) is 10.1. The predicted octanol–water partition coefficient (Wildman–Crippen LogP) is 3.35. The van der Waals surface area contributed by atoms with Crippen LogP contribution in [-0.4, -0.2) is 10.1 Å². The molecule has 1 N–H and O–H groups in total. The van der Waals surface area contributed by atoms with Gasteiger partial charge in [-0.15, -0.1) is 11.3 Å². The molecule has 1 aromatic heterocycles. The molecule has 0 aliphatic carbocycles. The van der Waals surface area contributed by atoms with Crippen molar-refractivity contribution in [3.8, 4) is 0 Å². The second-order valence-electron chi connectivity index (χ2n) is 2.95. The number of nitrogens with zero attached hydrogens (tertiary/aromatic N) is 1. The minimum Gasteiger partial charge on any atom is -0.513 e. The van der Waals surface area contributed by atoms with Crippen molar-refractivity contribution in [3.63, 3.8) is 0 Å². The molecule has 1 aromatic carbocycles. The van der Waals surface area contributed by atoms with Crippen LogP contribution in [0, 0.1) is 5.82 Å². The summed E-state index contributed by atoms with van der Waals surface area (Å²) in [6.07, 6.45) is 1.56. The largest absolute Gasteiger partial charge is 0.513 e. The second kappa shape index (κ2) is 3.38. The van der Waals surface area contributed by atoms with E-state index in [-0.39, 0.29) is 11.6 Å². The lowest BCUT2D eigenvalue weighted by Crippen LogP contribution is -1.74. The van der Waals surface area contributed by atoms with E-state index >= 15 is 0 Å². The van der Waals surface area contributed by atoms with Gasteiger partial charge in [-0.25, -0.2) is 9.37 Å². The molecular weight excluding hydrogens is 201 g/mol. The van der Waals surface area contributed by atoms with Crippen LogP contribution in [0.3, 0.4) is 0 Å². The molecule has 0 bridgehead atoms. The summed E-state index contributed by atoms with van der Waals surface area (Å²) in [5.41, 5.74) is 0.627. The molecule has 4 heteroatoms. The van der Waals surface area contributed by atoms with Crippen molar-refractivity contribution in [2.24, 2.45) is 0 Å². The van der Waals surface area contributed by atoms with Crippen molar-refractivity contribution in [1.29, 1.82) is 0 Å². The molecule has 0 radical (unpaired) electrons. The third-order valence-corrected chi connectivity index (χ3v) is 2.68. The Hall–Kier alpha value is -1.42. The third-order valence-electron chi connectivity index (χ3n) is 1.70. The molecule has 2 rings (SSSR count). The molecule has 14 heavy (non-hydrogen) atoms. The zero-order valence-electron chi connectivity index (χ0n) is 7.49. The molecule has 72 valence electrons. The fourth-order valence-corrected chi connectivity index (χ4v) is 2.10. The highest BCUT2D eigenvalue weighted by molar-refractivity contribution is 7.19. The summed E-state index contributed by atoms with van der Waals surface area (Å²) in [6.45, 7) is 1.58. The number of rotatable bonds is 1. The Morgan fingerprint density at radius 2 is 2.36 bits per heavy atom. The number of allylic oxidation sites excluding steroid dienone is 1. The van der Waals surface area contributed by atoms with Gasteiger partial charge in [0.25, 0.3) is 0 Å². The van der Waals surface area contributed by atoms with Crippen molar-refractivity contribution < 1.29 is 9.50 Å². The first-order valence-electron chi connectivity index (χ1n) is 4.08. The topological polar surface area (TPSA) is 33.1 Å². The van der Waals surface area contributed by atoms with Gasteiger partial charge in [-0.3, -0.25) is 0 Å². The van der Waals surface area contributed by atoms with Crippen LogP contribution in [0.15, 0.2) is 24.0 Å². The SMILES string of the molecule is CC(O)=Cc1nc2cc(F)ccc2s1. The molecule has 2 aromatic rings. The van der Waals surface area contributed by atoms with Gasteiger partial charge in [-0.05, 0) is 19.1 Å². The molecule has 0 atom stereocenters. The number of hydrogen-bond donors (Lipinski definition) is 1. The van der Waals surface area contributed by atoms with Crippen molar-refractivity contribution in [3.05, 3.63) is 34.8 Å². The zero-order valence-corrected chi connectivity index (χ0v) is 8.31. The first-order chi connectivity index (χ1) is 6.65. The van der Waals surface area contributed by atoms with Gasteiger partial charge in [-0.2, -0.15) is 0 Å². The lowest BCUT2D eigenvalue weighted by atomic mass is 10.3. The van der Waals surface area contributed by atoms with Crippen LogP contribution >= 0.6 is 11.3 Å². The number of aromatic nitrogens is 1. The number of aliphatic hydroxyl groups is 1. The van der Waals surface area contributed by atoms with Gasteiger partial charge in [0.05, 0.1) is 16.0 Å². The minimum atomic E-state index is -0.293. The Balaban J connectivity index is 2.57. The van der Waals surface area contributed by atoms with Crippen LogP contribution in [-0.2, 0) is 0 Å². The van der Waals surface area contributed by atoms with E-state index in [4.69, 9.17) is 5.11 Å². The molecule has 0 aliphatic rings. The number of hydrogen-bond acceptors (Lipinski definition) is 3. The highest BCUT2D eigenvalue weighted by atomic mass is 32.1. The summed E-state index contributed by atoms with van der Waals surface area (Å²) < 4.78 is 13.7.